The second-order valence-electron chi connectivity index (χ2n) is 13.2. The van der Waals surface area contributed by atoms with Gasteiger partial charge in [-0.1, -0.05) is 68.1 Å². The van der Waals surface area contributed by atoms with E-state index in [0.29, 0.717) is 28.0 Å². The van der Waals surface area contributed by atoms with E-state index in [1.807, 2.05) is 36.4 Å². The summed E-state index contributed by atoms with van der Waals surface area (Å²) in [6.45, 7) is 3.42. The van der Waals surface area contributed by atoms with Crippen LogP contribution < -0.4 is 33.4 Å². The third kappa shape index (κ3) is 9.98. The molecule has 8 rings (SSSR count). The zero-order valence-electron chi connectivity index (χ0n) is 32.4. The Morgan fingerprint density at radius 3 is 1.48 bits per heavy atom. The van der Waals surface area contributed by atoms with Gasteiger partial charge in [0.2, 0.25) is 10.9 Å². The fraction of sp³-hybridized carbons (Fsp3) is 0.111. The van der Waals surface area contributed by atoms with E-state index in [2.05, 4.69) is 25.3 Å². The minimum Gasteiger partial charge on any atom is -0.476 e. The summed E-state index contributed by atoms with van der Waals surface area (Å²) in [6, 6.07) is 24.5. The number of carboxylic acids is 1. The maximum Gasteiger partial charge on any atom is 0.358 e. The Morgan fingerprint density at radius 2 is 1.06 bits per heavy atom. The summed E-state index contributed by atoms with van der Waals surface area (Å²) in [7, 11) is 0. The summed E-state index contributed by atoms with van der Waals surface area (Å²) in [4.78, 5) is 63.7. The van der Waals surface area contributed by atoms with Crippen LogP contribution in [0.25, 0.3) is 44.2 Å². The molecule has 0 radical (unpaired) electrons. The third-order valence-electron chi connectivity index (χ3n) is 8.91. The zero-order valence-corrected chi connectivity index (χ0v) is 32.4. The molecule has 4 heterocycles. The fourth-order valence-electron chi connectivity index (χ4n) is 6.12. The van der Waals surface area contributed by atoms with Gasteiger partial charge in [-0.2, -0.15) is 0 Å². The topological polar surface area (TPSA) is 256 Å². The molecule has 0 spiro atoms. The standard InChI is InChI=1S/C22H17FN4O3.C17H14FNO2.C5H5N3O2.CH4/c1-12(27-22(29)18-21(24)26-10-9-25-18)20-17(13-5-3-2-4-6-13)19(28)15-11-14(23)7-8-16(15)30-20;1-10(19)17-15(11-5-3-2-4-6-11)16(20)13-9-12(18)7-8-14(13)21-17;6-4-3(5(9)10)7-1-2-8-4;/h2-12H,1H3,(H2,24,26)(H,27,29);2-10H,19H2,1H3;1-2H,(H2,6,8)(H,9,10);1H4/t12-;10-;;/m00../s1. The minimum atomic E-state index is -1.16. The Bertz CT molecular complexity index is 3000. The largest absolute Gasteiger partial charge is 0.476 e. The number of nitrogens with zero attached hydrogens (tertiary/aromatic N) is 4. The average Bonchev–Trinajstić information content (AvgIpc) is 3.25. The lowest BCUT2D eigenvalue weighted by Gasteiger charge is -2.17. The number of nitrogen functional groups attached to an aromatic ring is 2. The quantitative estimate of drug-likeness (QED) is 0.104. The van der Waals surface area contributed by atoms with E-state index < -0.39 is 41.0 Å². The molecule has 0 unspecified atom stereocenters. The van der Waals surface area contributed by atoms with Gasteiger partial charge in [-0.05, 0) is 61.4 Å². The number of fused-ring (bicyclic) bond motifs is 2. The number of rotatable bonds is 7. The number of hydrogen-bond donors (Lipinski definition) is 5. The van der Waals surface area contributed by atoms with Crippen LogP contribution in [0.5, 0.6) is 0 Å². The van der Waals surface area contributed by atoms with Crippen LogP contribution in [0.4, 0.5) is 20.4 Å². The maximum absolute atomic E-state index is 13.7. The summed E-state index contributed by atoms with van der Waals surface area (Å²) in [5, 5.41) is 11.5. The van der Waals surface area contributed by atoms with Crippen molar-refractivity contribution in [2.24, 2.45) is 5.73 Å². The molecule has 0 aliphatic heterocycles. The molecular weight excluding hydrogens is 803 g/mol. The first-order chi connectivity index (χ1) is 29.2. The second-order valence-corrected chi connectivity index (χ2v) is 13.2. The second kappa shape index (κ2) is 19.7. The Balaban J connectivity index is 0.000000196. The predicted molar refractivity (Wildman–Crippen MR) is 231 cm³/mol. The Hall–Kier alpha value is -8.18. The fourth-order valence-corrected chi connectivity index (χ4v) is 6.12. The molecule has 0 saturated carbocycles. The smallest absolute Gasteiger partial charge is 0.358 e. The number of nitrogens with one attached hydrogen (secondary N) is 1. The third-order valence-corrected chi connectivity index (χ3v) is 8.91. The highest BCUT2D eigenvalue weighted by atomic mass is 19.1. The molecule has 17 heteroatoms. The summed E-state index contributed by atoms with van der Waals surface area (Å²) in [5.41, 5.74) is 18.4. The highest BCUT2D eigenvalue weighted by molar-refractivity contribution is 5.96. The van der Waals surface area contributed by atoms with Crippen LogP contribution in [-0.2, 0) is 0 Å². The van der Waals surface area contributed by atoms with E-state index in [1.54, 1.807) is 38.1 Å². The predicted octanol–water partition coefficient (Wildman–Crippen LogP) is 7.47. The van der Waals surface area contributed by atoms with Gasteiger partial charge in [-0.3, -0.25) is 14.4 Å². The van der Waals surface area contributed by atoms with E-state index in [9.17, 15) is 28.0 Å². The molecule has 316 valence electrons. The number of aromatic carboxylic acids is 1. The van der Waals surface area contributed by atoms with Crippen molar-refractivity contribution < 1.29 is 32.3 Å². The molecule has 0 fully saturated rings. The number of nitrogens with two attached hydrogens (primary N) is 3. The van der Waals surface area contributed by atoms with Gasteiger partial charge in [0.05, 0.1) is 34.0 Å². The van der Waals surface area contributed by atoms with Gasteiger partial charge >= 0.3 is 5.97 Å². The van der Waals surface area contributed by atoms with Crippen LogP contribution in [-0.4, -0.2) is 36.9 Å². The van der Waals surface area contributed by atoms with Gasteiger partial charge in [-0.25, -0.2) is 33.5 Å². The normalized spacial score (nSPS) is 11.5. The highest BCUT2D eigenvalue weighted by Crippen LogP contribution is 2.30. The lowest BCUT2D eigenvalue weighted by atomic mass is 9.99. The van der Waals surface area contributed by atoms with Gasteiger partial charge < -0.3 is 36.5 Å². The molecule has 0 aliphatic rings. The van der Waals surface area contributed by atoms with Crippen LogP contribution in [0.3, 0.4) is 0 Å². The average molecular weight is 843 g/mol. The van der Waals surface area contributed by atoms with Crippen molar-refractivity contribution in [1.82, 2.24) is 25.3 Å². The molecular formula is C45H40F2N8O7. The Kier molecular flexibility index (Phi) is 14.3. The van der Waals surface area contributed by atoms with E-state index in [0.717, 1.165) is 6.07 Å². The Labute approximate surface area is 351 Å². The van der Waals surface area contributed by atoms with Crippen molar-refractivity contribution in [2.75, 3.05) is 11.5 Å². The number of anilines is 2. The van der Waals surface area contributed by atoms with Crippen molar-refractivity contribution in [3.05, 3.63) is 177 Å². The number of benzene rings is 4. The molecule has 0 aliphatic carbocycles. The summed E-state index contributed by atoms with van der Waals surface area (Å²) < 4.78 is 38.9. The van der Waals surface area contributed by atoms with Crippen LogP contribution >= 0.6 is 0 Å². The Morgan fingerprint density at radius 1 is 0.645 bits per heavy atom. The number of aromatic nitrogens is 4. The van der Waals surface area contributed by atoms with Crippen LogP contribution in [0.15, 0.2) is 140 Å². The van der Waals surface area contributed by atoms with E-state index in [4.69, 9.17) is 31.1 Å². The molecule has 8 aromatic rings. The molecule has 62 heavy (non-hydrogen) atoms. The molecule has 4 aromatic heterocycles. The van der Waals surface area contributed by atoms with Crippen LogP contribution in [0.1, 0.15) is 65.9 Å². The molecule has 8 N–H and O–H groups in total. The summed E-state index contributed by atoms with van der Waals surface area (Å²) in [5.74, 6) is -2.16. The molecule has 0 saturated heterocycles. The first-order valence-corrected chi connectivity index (χ1v) is 18.3. The van der Waals surface area contributed by atoms with Crippen molar-refractivity contribution in [2.45, 2.75) is 33.4 Å². The SMILES string of the molecule is C.C[C@H](N)c1oc2ccc(F)cc2c(=O)c1-c1ccccc1.C[C@H](NC(=O)c1nccnc1N)c1oc2ccc(F)cc2c(=O)c1-c1ccccc1.Nc1nccnc1C(=O)O. The first-order valence-electron chi connectivity index (χ1n) is 18.3. The number of carbonyl (C=O) groups is 2. The van der Waals surface area contributed by atoms with Crippen molar-refractivity contribution >= 4 is 45.5 Å². The van der Waals surface area contributed by atoms with Gasteiger partial charge in [0.25, 0.3) is 5.91 Å². The lowest BCUT2D eigenvalue weighted by Crippen LogP contribution is -2.29. The maximum atomic E-state index is 13.7. The minimum absolute atomic E-state index is 0. The van der Waals surface area contributed by atoms with E-state index in [-0.39, 0.29) is 63.6 Å². The number of halogens is 2. The molecule has 0 bridgehead atoms. The summed E-state index contributed by atoms with van der Waals surface area (Å²) in [6.07, 6.45) is 5.35. The highest BCUT2D eigenvalue weighted by Gasteiger charge is 2.24. The van der Waals surface area contributed by atoms with Crippen LogP contribution in [0.2, 0.25) is 0 Å². The van der Waals surface area contributed by atoms with Crippen LogP contribution in [0, 0.1) is 11.6 Å². The number of hydrogen-bond acceptors (Lipinski definition) is 13. The van der Waals surface area contributed by atoms with E-state index >= 15 is 0 Å². The van der Waals surface area contributed by atoms with Gasteiger partial charge in [0.15, 0.2) is 23.0 Å². The van der Waals surface area contributed by atoms with Gasteiger partial charge in [-0.15, -0.1) is 0 Å². The van der Waals surface area contributed by atoms with Gasteiger partial charge in [0.1, 0.15) is 34.3 Å². The van der Waals surface area contributed by atoms with Crippen molar-refractivity contribution in [3.63, 3.8) is 0 Å². The lowest BCUT2D eigenvalue weighted by molar-refractivity contribution is 0.0691. The molecule has 15 nitrogen and oxygen atoms in total. The van der Waals surface area contributed by atoms with E-state index in [1.165, 1.54) is 55.1 Å². The van der Waals surface area contributed by atoms with Crippen molar-refractivity contribution in [3.8, 4) is 22.3 Å². The number of carbonyl (C=O) groups excluding carboxylic acids is 1. The molecule has 1 amide bonds. The molecule has 2 atom stereocenters. The number of amides is 1. The first kappa shape index (κ1) is 44.9. The summed E-state index contributed by atoms with van der Waals surface area (Å²) >= 11 is 0. The number of carboxylic acid groups (broad SMARTS) is 1. The monoisotopic (exact) mass is 842 g/mol. The van der Waals surface area contributed by atoms with Crippen molar-refractivity contribution in [1.29, 1.82) is 0 Å². The zero-order chi connectivity index (χ0) is 43.8. The van der Waals surface area contributed by atoms with Gasteiger partial charge in [0, 0.05) is 24.8 Å². The molecule has 4 aromatic carbocycles.